The molecule has 0 spiro atoms. The molecule has 1 saturated heterocycles. The van der Waals surface area contributed by atoms with Crippen LogP contribution in [0, 0.1) is 0 Å². The fourth-order valence-electron chi connectivity index (χ4n) is 2.77. The van der Waals surface area contributed by atoms with Crippen LogP contribution in [-0.4, -0.2) is 48.6 Å². The van der Waals surface area contributed by atoms with Crippen molar-refractivity contribution >= 4 is 17.2 Å². The molecule has 0 saturated carbocycles. The molecule has 0 atom stereocenters. The van der Waals surface area contributed by atoms with Crippen molar-refractivity contribution in [3.05, 3.63) is 40.9 Å². The van der Waals surface area contributed by atoms with Gasteiger partial charge in [-0.15, -0.1) is 11.3 Å². The zero-order valence-corrected chi connectivity index (χ0v) is 14.8. The third kappa shape index (κ3) is 4.63. The SMILES string of the molecule is CCNC(=O)Cc1csc(-c2cccc(CN3CCOCC3)c2)n1. The van der Waals surface area contributed by atoms with E-state index in [1.807, 2.05) is 12.3 Å². The van der Waals surface area contributed by atoms with E-state index in [9.17, 15) is 4.79 Å². The van der Waals surface area contributed by atoms with Crippen LogP contribution >= 0.6 is 11.3 Å². The standard InChI is InChI=1S/C18H23N3O2S/c1-2-19-17(22)11-16-13-24-18(20-16)15-5-3-4-14(10-15)12-21-6-8-23-9-7-21/h3-5,10,13H,2,6-9,11-12H2,1H3,(H,19,22). The second-order valence-electron chi connectivity index (χ2n) is 5.86. The van der Waals surface area contributed by atoms with Gasteiger partial charge in [0.05, 0.1) is 25.3 Å². The van der Waals surface area contributed by atoms with E-state index >= 15 is 0 Å². The Morgan fingerprint density at radius 3 is 3.00 bits per heavy atom. The quantitative estimate of drug-likeness (QED) is 0.873. The number of amides is 1. The average Bonchev–Trinajstić information content (AvgIpc) is 3.05. The summed E-state index contributed by atoms with van der Waals surface area (Å²) < 4.78 is 5.40. The van der Waals surface area contributed by atoms with Gasteiger partial charge in [0.2, 0.25) is 5.91 Å². The number of nitrogens with zero attached hydrogens (tertiary/aromatic N) is 2. The summed E-state index contributed by atoms with van der Waals surface area (Å²) >= 11 is 1.59. The first kappa shape index (κ1) is 17.1. The van der Waals surface area contributed by atoms with E-state index in [4.69, 9.17) is 4.74 Å². The maximum atomic E-state index is 11.7. The topological polar surface area (TPSA) is 54.5 Å². The summed E-state index contributed by atoms with van der Waals surface area (Å²) in [5, 5.41) is 5.75. The number of aromatic nitrogens is 1. The van der Waals surface area contributed by atoms with Gasteiger partial charge in [0.15, 0.2) is 0 Å². The van der Waals surface area contributed by atoms with Gasteiger partial charge in [0.1, 0.15) is 5.01 Å². The van der Waals surface area contributed by atoms with Crippen molar-refractivity contribution in [3.8, 4) is 10.6 Å². The first-order valence-electron chi connectivity index (χ1n) is 8.35. The molecule has 1 N–H and O–H groups in total. The Kier molecular flexibility index (Phi) is 5.96. The van der Waals surface area contributed by atoms with Crippen molar-refractivity contribution in [1.82, 2.24) is 15.2 Å². The van der Waals surface area contributed by atoms with Crippen LogP contribution in [0.15, 0.2) is 29.6 Å². The van der Waals surface area contributed by atoms with Crippen LogP contribution in [0.2, 0.25) is 0 Å². The van der Waals surface area contributed by atoms with Crippen LogP contribution in [-0.2, 0) is 22.5 Å². The molecule has 128 valence electrons. The Hall–Kier alpha value is -1.76. The maximum Gasteiger partial charge on any atom is 0.226 e. The molecule has 6 heteroatoms. The van der Waals surface area contributed by atoms with E-state index in [-0.39, 0.29) is 5.91 Å². The van der Waals surface area contributed by atoms with Gasteiger partial charge in [-0.25, -0.2) is 4.98 Å². The fraction of sp³-hybridized carbons (Fsp3) is 0.444. The van der Waals surface area contributed by atoms with E-state index < -0.39 is 0 Å². The predicted molar refractivity (Wildman–Crippen MR) is 96.0 cm³/mol. The molecule has 1 aliphatic rings. The van der Waals surface area contributed by atoms with Crippen molar-refractivity contribution in [3.63, 3.8) is 0 Å². The van der Waals surface area contributed by atoms with E-state index in [1.165, 1.54) is 5.56 Å². The van der Waals surface area contributed by atoms with E-state index in [0.29, 0.717) is 13.0 Å². The number of carbonyl (C=O) groups excluding carboxylic acids is 1. The number of rotatable bonds is 6. The molecule has 1 aromatic heterocycles. The Morgan fingerprint density at radius 2 is 2.21 bits per heavy atom. The Bertz CT molecular complexity index is 680. The lowest BCUT2D eigenvalue weighted by Crippen LogP contribution is -2.35. The lowest BCUT2D eigenvalue weighted by Gasteiger charge is -2.26. The van der Waals surface area contributed by atoms with Gasteiger partial charge >= 0.3 is 0 Å². The molecule has 1 aromatic carbocycles. The molecule has 1 aliphatic heterocycles. The van der Waals surface area contributed by atoms with Gasteiger partial charge in [-0.2, -0.15) is 0 Å². The third-order valence-electron chi connectivity index (χ3n) is 3.95. The Balaban J connectivity index is 1.67. The van der Waals surface area contributed by atoms with Gasteiger partial charge in [-0.3, -0.25) is 9.69 Å². The van der Waals surface area contributed by atoms with Crippen LogP contribution < -0.4 is 5.32 Å². The summed E-state index contributed by atoms with van der Waals surface area (Å²) in [5.74, 6) is 0.0235. The summed E-state index contributed by atoms with van der Waals surface area (Å²) in [7, 11) is 0. The highest BCUT2D eigenvalue weighted by Crippen LogP contribution is 2.25. The highest BCUT2D eigenvalue weighted by Gasteiger charge is 2.12. The average molecular weight is 345 g/mol. The number of likely N-dealkylation sites (N-methyl/N-ethyl adjacent to an activating group) is 1. The third-order valence-corrected chi connectivity index (χ3v) is 4.89. The van der Waals surface area contributed by atoms with E-state index in [0.717, 1.165) is 49.1 Å². The molecular weight excluding hydrogens is 322 g/mol. The van der Waals surface area contributed by atoms with Crippen LogP contribution in [0.3, 0.4) is 0 Å². The zero-order chi connectivity index (χ0) is 16.8. The second kappa shape index (κ2) is 8.37. The highest BCUT2D eigenvalue weighted by molar-refractivity contribution is 7.13. The van der Waals surface area contributed by atoms with Crippen LogP contribution in [0.25, 0.3) is 10.6 Å². The van der Waals surface area contributed by atoms with Crippen LogP contribution in [0.1, 0.15) is 18.2 Å². The minimum Gasteiger partial charge on any atom is -0.379 e. The number of nitrogens with one attached hydrogen (secondary N) is 1. The molecule has 2 aromatic rings. The number of carbonyl (C=O) groups is 1. The molecule has 3 rings (SSSR count). The van der Waals surface area contributed by atoms with E-state index in [2.05, 4.69) is 39.5 Å². The minimum absolute atomic E-state index is 0.0235. The van der Waals surface area contributed by atoms with Crippen molar-refractivity contribution in [2.45, 2.75) is 19.9 Å². The van der Waals surface area contributed by atoms with Gasteiger partial charge in [-0.1, -0.05) is 18.2 Å². The highest BCUT2D eigenvalue weighted by atomic mass is 32.1. The summed E-state index contributed by atoms with van der Waals surface area (Å²) in [6, 6.07) is 8.51. The second-order valence-corrected chi connectivity index (χ2v) is 6.72. The van der Waals surface area contributed by atoms with Crippen LogP contribution in [0.5, 0.6) is 0 Å². The molecule has 1 amide bonds. The first-order valence-corrected chi connectivity index (χ1v) is 9.23. The van der Waals surface area contributed by atoms with Crippen molar-refractivity contribution in [2.24, 2.45) is 0 Å². The predicted octanol–water partition coefficient (Wildman–Crippen LogP) is 2.32. The molecular formula is C18H23N3O2S. The largest absolute Gasteiger partial charge is 0.379 e. The number of ether oxygens (including phenoxy) is 1. The summed E-state index contributed by atoms with van der Waals surface area (Å²) in [4.78, 5) is 18.7. The number of thiazole rings is 1. The number of hydrogen-bond donors (Lipinski definition) is 1. The number of hydrogen-bond acceptors (Lipinski definition) is 5. The van der Waals surface area contributed by atoms with E-state index in [1.54, 1.807) is 11.3 Å². The molecule has 0 bridgehead atoms. The smallest absolute Gasteiger partial charge is 0.226 e. The summed E-state index contributed by atoms with van der Waals surface area (Å²) in [5.41, 5.74) is 3.24. The van der Waals surface area contributed by atoms with Crippen molar-refractivity contribution < 1.29 is 9.53 Å². The maximum absolute atomic E-state index is 11.7. The zero-order valence-electron chi connectivity index (χ0n) is 14.0. The van der Waals surface area contributed by atoms with Crippen molar-refractivity contribution in [2.75, 3.05) is 32.8 Å². The summed E-state index contributed by atoms with van der Waals surface area (Å²) in [6.07, 6.45) is 0.345. The lowest BCUT2D eigenvalue weighted by molar-refractivity contribution is -0.120. The van der Waals surface area contributed by atoms with Crippen molar-refractivity contribution in [1.29, 1.82) is 0 Å². The lowest BCUT2D eigenvalue weighted by atomic mass is 10.1. The normalized spacial score (nSPS) is 15.4. The Labute approximate surface area is 146 Å². The first-order chi connectivity index (χ1) is 11.7. The molecule has 24 heavy (non-hydrogen) atoms. The number of morpholine rings is 1. The molecule has 2 heterocycles. The molecule has 1 fully saturated rings. The molecule has 5 nitrogen and oxygen atoms in total. The number of benzene rings is 1. The van der Waals surface area contributed by atoms with Gasteiger partial charge in [-0.05, 0) is 18.6 Å². The van der Waals surface area contributed by atoms with Gasteiger partial charge in [0.25, 0.3) is 0 Å². The van der Waals surface area contributed by atoms with Gasteiger partial charge in [0, 0.05) is 37.1 Å². The Morgan fingerprint density at radius 1 is 1.38 bits per heavy atom. The fourth-order valence-corrected chi connectivity index (χ4v) is 3.58. The van der Waals surface area contributed by atoms with Crippen LogP contribution in [0.4, 0.5) is 0 Å². The molecule has 0 radical (unpaired) electrons. The molecule has 0 aliphatic carbocycles. The summed E-state index contributed by atoms with van der Waals surface area (Å²) in [6.45, 7) is 7.11. The minimum atomic E-state index is 0.0235. The molecule has 0 unspecified atom stereocenters. The monoisotopic (exact) mass is 345 g/mol. The van der Waals surface area contributed by atoms with Gasteiger partial charge < -0.3 is 10.1 Å².